The second kappa shape index (κ2) is 7.43. The number of carbonyl (C=O) groups excluding carboxylic acids is 2. The van der Waals surface area contributed by atoms with Crippen LogP contribution in [0.25, 0.3) is 11.3 Å². The van der Waals surface area contributed by atoms with E-state index in [9.17, 15) is 9.59 Å². The molecule has 0 unspecified atom stereocenters. The molecule has 2 amide bonds. The third-order valence-electron chi connectivity index (χ3n) is 4.08. The van der Waals surface area contributed by atoms with Crippen molar-refractivity contribution < 1.29 is 14.3 Å². The van der Waals surface area contributed by atoms with Crippen molar-refractivity contribution in [1.29, 1.82) is 0 Å². The van der Waals surface area contributed by atoms with Crippen LogP contribution in [0.2, 0.25) is 0 Å². The number of nitrogens with zero attached hydrogens (tertiary/aromatic N) is 2. The van der Waals surface area contributed by atoms with Gasteiger partial charge >= 0.3 is 6.09 Å². The van der Waals surface area contributed by atoms with Gasteiger partial charge in [0, 0.05) is 17.8 Å². The first-order chi connectivity index (χ1) is 12.5. The Kier molecular flexibility index (Phi) is 5.06. The van der Waals surface area contributed by atoms with Gasteiger partial charge in [0.05, 0.1) is 30.0 Å². The van der Waals surface area contributed by atoms with Gasteiger partial charge in [-0.3, -0.25) is 9.78 Å². The number of amides is 2. The Hall–Kier alpha value is -3.09. The Morgan fingerprint density at radius 3 is 2.58 bits per heavy atom. The number of anilines is 1. The summed E-state index contributed by atoms with van der Waals surface area (Å²) in [4.78, 5) is 30.2. The molecule has 3 rings (SSSR count). The van der Waals surface area contributed by atoms with E-state index in [0.29, 0.717) is 30.0 Å². The number of rotatable bonds is 4. The molecule has 1 fully saturated rings. The molecule has 1 aliphatic heterocycles. The monoisotopic (exact) mass is 354 g/mol. The molecule has 1 aromatic heterocycles. The number of alkyl carbamates (subject to hydrolysis) is 1. The third-order valence-corrected chi connectivity index (χ3v) is 4.08. The fourth-order valence-corrected chi connectivity index (χ4v) is 2.76. The third kappa shape index (κ3) is 3.77. The van der Waals surface area contributed by atoms with Crippen LogP contribution in [0.15, 0.2) is 42.6 Å². The number of likely N-dealkylation sites (tertiary alicyclic amines) is 1. The van der Waals surface area contributed by atoms with Gasteiger partial charge in [-0.05, 0) is 19.9 Å². The molecule has 1 saturated heterocycles. The summed E-state index contributed by atoms with van der Waals surface area (Å²) in [6.45, 7) is 4.42. The number of aromatic nitrogens is 1. The second-order valence-corrected chi connectivity index (χ2v) is 6.52. The summed E-state index contributed by atoms with van der Waals surface area (Å²) >= 11 is 0. The maximum atomic E-state index is 12.7. The van der Waals surface area contributed by atoms with Gasteiger partial charge < -0.3 is 20.7 Å². The topological polar surface area (TPSA) is 97.5 Å². The van der Waals surface area contributed by atoms with Crippen LogP contribution >= 0.6 is 0 Å². The van der Waals surface area contributed by atoms with Gasteiger partial charge in [-0.15, -0.1) is 0 Å². The van der Waals surface area contributed by atoms with Crippen LogP contribution in [0.1, 0.15) is 24.2 Å². The minimum absolute atomic E-state index is 0.00772. The molecule has 0 radical (unpaired) electrons. The van der Waals surface area contributed by atoms with Crippen molar-refractivity contribution >= 4 is 17.7 Å². The first kappa shape index (κ1) is 17.7. The van der Waals surface area contributed by atoms with E-state index in [2.05, 4.69) is 10.3 Å². The summed E-state index contributed by atoms with van der Waals surface area (Å²) in [5.41, 5.74) is 8.40. The number of hydrogen-bond acceptors (Lipinski definition) is 5. The van der Waals surface area contributed by atoms with Crippen molar-refractivity contribution in [3.8, 4) is 11.3 Å². The lowest BCUT2D eigenvalue weighted by Gasteiger charge is -2.38. The molecule has 2 heterocycles. The molecule has 7 heteroatoms. The number of nitrogens with one attached hydrogen (secondary N) is 1. The van der Waals surface area contributed by atoms with E-state index in [-0.39, 0.29) is 18.1 Å². The highest BCUT2D eigenvalue weighted by Crippen LogP contribution is 2.28. The zero-order chi connectivity index (χ0) is 18.7. The van der Waals surface area contributed by atoms with Crippen LogP contribution in [0.5, 0.6) is 0 Å². The predicted molar refractivity (Wildman–Crippen MR) is 98.5 cm³/mol. The Labute approximate surface area is 152 Å². The van der Waals surface area contributed by atoms with Crippen molar-refractivity contribution in [2.75, 3.05) is 18.8 Å². The highest BCUT2D eigenvalue weighted by atomic mass is 16.6. The van der Waals surface area contributed by atoms with Crippen LogP contribution in [0.4, 0.5) is 10.5 Å². The zero-order valence-electron chi connectivity index (χ0n) is 14.8. The van der Waals surface area contributed by atoms with Crippen LogP contribution in [-0.4, -0.2) is 47.1 Å². The maximum absolute atomic E-state index is 12.7. The standard InChI is InChI=1S/C19H22N4O3/c1-12(2)22-19(25)26-14-10-23(11-14)18(24)15-8-9-21-17(16(15)20)13-6-4-3-5-7-13/h3-9,12,14H,10-11,20H2,1-2H3,(H,22,25). The van der Waals surface area contributed by atoms with Crippen molar-refractivity contribution in [2.45, 2.75) is 26.0 Å². The zero-order valence-corrected chi connectivity index (χ0v) is 14.8. The van der Waals surface area contributed by atoms with Crippen LogP contribution in [0.3, 0.4) is 0 Å². The minimum Gasteiger partial charge on any atom is -0.442 e. The maximum Gasteiger partial charge on any atom is 0.407 e. The van der Waals surface area contributed by atoms with Crippen molar-refractivity contribution in [1.82, 2.24) is 15.2 Å². The Morgan fingerprint density at radius 1 is 1.23 bits per heavy atom. The number of nitrogen functional groups attached to an aromatic ring is 1. The molecule has 26 heavy (non-hydrogen) atoms. The van der Waals surface area contributed by atoms with Gasteiger partial charge in [0.25, 0.3) is 5.91 Å². The van der Waals surface area contributed by atoms with Crippen molar-refractivity contribution in [3.05, 3.63) is 48.2 Å². The lowest BCUT2D eigenvalue weighted by molar-refractivity contribution is -0.00695. The van der Waals surface area contributed by atoms with Gasteiger partial charge in [0.2, 0.25) is 0 Å². The fraction of sp³-hybridized carbons (Fsp3) is 0.316. The quantitative estimate of drug-likeness (QED) is 0.878. The molecular formula is C19H22N4O3. The van der Waals surface area contributed by atoms with Gasteiger partial charge in [0.15, 0.2) is 0 Å². The average molecular weight is 354 g/mol. The number of benzene rings is 1. The smallest absolute Gasteiger partial charge is 0.407 e. The number of carbonyl (C=O) groups is 2. The SMILES string of the molecule is CC(C)NC(=O)OC1CN(C(=O)c2ccnc(-c3ccccc3)c2N)C1. The lowest BCUT2D eigenvalue weighted by atomic mass is 10.0. The molecule has 1 aromatic carbocycles. The first-order valence-corrected chi connectivity index (χ1v) is 8.52. The van der Waals surface area contributed by atoms with E-state index in [1.165, 1.54) is 0 Å². The molecule has 0 spiro atoms. The number of hydrogen-bond donors (Lipinski definition) is 2. The van der Waals surface area contributed by atoms with E-state index in [0.717, 1.165) is 5.56 Å². The molecule has 2 aromatic rings. The van der Waals surface area contributed by atoms with Crippen LogP contribution < -0.4 is 11.1 Å². The van der Waals surface area contributed by atoms with E-state index in [1.807, 2.05) is 44.2 Å². The normalized spacial score (nSPS) is 14.0. The van der Waals surface area contributed by atoms with Crippen molar-refractivity contribution in [2.24, 2.45) is 0 Å². The Balaban J connectivity index is 1.66. The summed E-state index contributed by atoms with van der Waals surface area (Å²) < 4.78 is 5.25. The van der Waals surface area contributed by atoms with Crippen LogP contribution in [-0.2, 0) is 4.74 Å². The predicted octanol–water partition coefficient (Wildman–Crippen LogP) is 2.29. The molecule has 1 aliphatic rings. The van der Waals surface area contributed by atoms with E-state index in [1.54, 1.807) is 17.2 Å². The van der Waals surface area contributed by atoms with Gasteiger partial charge in [0.1, 0.15) is 6.10 Å². The second-order valence-electron chi connectivity index (χ2n) is 6.52. The molecular weight excluding hydrogens is 332 g/mol. The number of nitrogens with two attached hydrogens (primary N) is 1. The molecule has 136 valence electrons. The Bertz CT molecular complexity index is 802. The molecule has 0 atom stereocenters. The van der Waals surface area contributed by atoms with Crippen molar-refractivity contribution in [3.63, 3.8) is 0 Å². The summed E-state index contributed by atoms with van der Waals surface area (Å²) in [6, 6.07) is 11.1. The molecule has 0 aliphatic carbocycles. The van der Waals surface area contributed by atoms with Gasteiger partial charge in [-0.2, -0.15) is 0 Å². The highest BCUT2D eigenvalue weighted by molar-refractivity contribution is 6.02. The molecule has 0 bridgehead atoms. The first-order valence-electron chi connectivity index (χ1n) is 8.52. The van der Waals surface area contributed by atoms with Gasteiger partial charge in [-0.1, -0.05) is 30.3 Å². The molecule has 7 nitrogen and oxygen atoms in total. The molecule has 0 saturated carbocycles. The fourth-order valence-electron chi connectivity index (χ4n) is 2.76. The van der Waals surface area contributed by atoms with E-state index < -0.39 is 6.09 Å². The highest BCUT2D eigenvalue weighted by Gasteiger charge is 2.35. The summed E-state index contributed by atoms with van der Waals surface area (Å²) in [5.74, 6) is -0.189. The lowest BCUT2D eigenvalue weighted by Crippen LogP contribution is -2.56. The summed E-state index contributed by atoms with van der Waals surface area (Å²) in [6.07, 6.45) is 0.816. The molecule has 3 N–H and O–H groups in total. The number of pyridine rings is 1. The van der Waals surface area contributed by atoms with E-state index in [4.69, 9.17) is 10.5 Å². The summed E-state index contributed by atoms with van der Waals surface area (Å²) in [7, 11) is 0. The van der Waals surface area contributed by atoms with Gasteiger partial charge in [-0.25, -0.2) is 4.79 Å². The van der Waals surface area contributed by atoms with Crippen LogP contribution in [0, 0.1) is 0 Å². The van der Waals surface area contributed by atoms with E-state index >= 15 is 0 Å². The summed E-state index contributed by atoms with van der Waals surface area (Å²) in [5, 5.41) is 2.66. The minimum atomic E-state index is -0.466. The number of ether oxygens (including phenoxy) is 1. The Morgan fingerprint density at radius 2 is 1.92 bits per heavy atom. The average Bonchev–Trinajstić information content (AvgIpc) is 2.57. The largest absolute Gasteiger partial charge is 0.442 e.